The van der Waals surface area contributed by atoms with Gasteiger partial charge in [0, 0.05) is 10.7 Å². The minimum atomic E-state index is -0.416. The van der Waals surface area contributed by atoms with E-state index in [0.717, 1.165) is 26.9 Å². The quantitative estimate of drug-likeness (QED) is 0.284. The molecular formula is C24H22Br2N4O3. The van der Waals surface area contributed by atoms with Crippen LogP contribution in [-0.2, 0) is 13.2 Å². The Kier molecular flexibility index (Phi) is 6.99. The molecule has 0 unspecified atom stereocenters. The number of hydrogen-bond donors (Lipinski definition) is 1. The molecule has 0 atom stereocenters. The Morgan fingerprint density at radius 1 is 1.09 bits per heavy atom. The van der Waals surface area contributed by atoms with Crippen LogP contribution in [0.15, 0.2) is 62.1 Å². The van der Waals surface area contributed by atoms with Gasteiger partial charge in [-0.2, -0.15) is 5.10 Å². The summed E-state index contributed by atoms with van der Waals surface area (Å²) in [5.74, 6) is 1.25. The topological polar surface area (TPSA) is 82.2 Å². The van der Waals surface area contributed by atoms with E-state index in [4.69, 9.17) is 9.26 Å². The van der Waals surface area contributed by atoms with Crippen molar-refractivity contribution in [3.05, 3.63) is 91.3 Å². The molecule has 4 rings (SSSR count). The Hall–Kier alpha value is -2.91. The summed E-state index contributed by atoms with van der Waals surface area (Å²) in [7, 11) is 0. The molecule has 0 spiro atoms. The van der Waals surface area contributed by atoms with E-state index in [1.807, 2.05) is 56.4 Å². The monoisotopic (exact) mass is 572 g/mol. The molecule has 0 saturated heterocycles. The average Bonchev–Trinajstić information content (AvgIpc) is 3.29. The van der Waals surface area contributed by atoms with Crippen LogP contribution in [0.2, 0.25) is 0 Å². The summed E-state index contributed by atoms with van der Waals surface area (Å²) in [5, 5.41) is 11.2. The number of nitrogens with one attached hydrogen (secondary N) is 1. The van der Waals surface area contributed by atoms with Crippen molar-refractivity contribution in [2.24, 2.45) is 0 Å². The third-order valence-corrected chi connectivity index (χ3v) is 6.09. The highest BCUT2D eigenvalue weighted by Gasteiger charge is 2.22. The first-order chi connectivity index (χ1) is 15.8. The molecule has 33 heavy (non-hydrogen) atoms. The normalized spacial score (nSPS) is 10.9. The van der Waals surface area contributed by atoms with Gasteiger partial charge in [-0.05, 0) is 77.7 Å². The SMILES string of the molecule is Cc1cc(C)cc(OCc2c(C(=O)Nc3nn(Cc4ccc(Br)cc4)cc3Br)noc2C)c1. The molecule has 0 aliphatic heterocycles. The maximum Gasteiger partial charge on any atom is 0.279 e. The second-order valence-electron chi connectivity index (χ2n) is 7.78. The van der Waals surface area contributed by atoms with Crippen LogP contribution >= 0.6 is 31.9 Å². The lowest BCUT2D eigenvalue weighted by molar-refractivity contribution is 0.101. The van der Waals surface area contributed by atoms with Crippen LogP contribution in [0.5, 0.6) is 5.75 Å². The Bertz CT molecular complexity index is 1280. The molecule has 0 radical (unpaired) electrons. The third-order valence-electron chi connectivity index (χ3n) is 4.98. The minimum absolute atomic E-state index is 0.167. The summed E-state index contributed by atoms with van der Waals surface area (Å²) >= 11 is 6.90. The number of amides is 1. The second-order valence-corrected chi connectivity index (χ2v) is 9.55. The highest BCUT2D eigenvalue weighted by atomic mass is 79.9. The predicted molar refractivity (Wildman–Crippen MR) is 133 cm³/mol. The largest absolute Gasteiger partial charge is 0.489 e. The Morgan fingerprint density at radius 3 is 2.48 bits per heavy atom. The van der Waals surface area contributed by atoms with Gasteiger partial charge in [-0.15, -0.1) is 0 Å². The molecule has 4 aromatic rings. The van der Waals surface area contributed by atoms with Crippen molar-refractivity contribution in [2.75, 3.05) is 5.32 Å². The van der Waals surface area contributed by atoms with Gasteiger partial charge in [0.25, 0.3) is 5.91 Å². The first-order valence-electron chi connectivity index (χ1n) is 10.2. The van der Waals surface area contributed by atoms with Gasteiger partial charge in [0.1, 0.15) is 18.1 Å². The smallest absolute Gasteiger partial charge is 0.279 e. The molecule has 0 aliphatic carbocycles. The van der Waals surface area contributed by atoms with Crippen LogP contribution in [0.3, 0.4) is 0 Å². The van der Waals surface area contributed by atoms with E-state index in [1.165, 1.54) is 0 Å². The summed E-state index contributed by atoms with van der Waals surface area (Å²) in [6.07, 6.45) is 1.82. The Morgan fingerprint density at radius 2 is 1.79 bits per heavy atom. The molecule has 0 fully saturated rings. The predicted octanol–water partition coefficient (Wildman–Crippen LogP) is 6.20. The van der Waals surface area contributed by atoms with Gasteiger partial charge < -0.3 is 14.6 Å². The van der Waals surface area contributed by atoms with Crippen LogP contribution in [0.1, 0.15) is 38.5 Å². The zero-order valence-electron chi connectivity index (χ0n) is 18.4. The van der Waals surface area contributed by atoms with E-state index in [2.05, 4.69) is 53.5 Å². The zero-order chi connectivity index (χ0) is 23.5. The van der Waals surface area contributed by atoms with Gasteiger partial charge in [-0.3, -0.25) is 9.48 Å². The van der Waals surface area contributed by atoms with Crippen LogP contribution in [0.25, 0.3) is 0 Å². The number of halogens is 2. The fraction of sp³-hybridized carbons (Fsp3) is 0.208. The second kappa shape index (κ2) is 9.93. The van der Waals surface area contributed by atoms with Gasteiger partial charge in [0.05, 0.1) is 16.6 Å². The molecule has 0 bridgehead atoms. The van der Waals surface area contributed by atoms with E-state index in [0.29, 0.717) is 28.2 Å². The zero-order valence-corrected chi connectivity index (χ0v) is 21.5. The number of carbonyl (C=O) groups excluding carboxylic acids is 1. The van der Waals surface area contributed by atoms with Crippen LogP contribution in [-0.4, -0.2) is 20.8 Å². The van der Waals surface area contributed by atoms with Crippen LogP contribution in [0.4, 0.5) is 5.82 Å². The lowest BCUT2D eigenvalue weighted by Crippen LogP contribution is -2.16. The number of hydrogen-bond acceptors (Lipinski definition) is 5. The van der Waals surface area contributed by atoms with Gasteiger partial charge in [0.2, 0.25) is 0 Å². The van der Waals surface area contributed by atoms with E-state index >= 15 is 0 Å². The van der Waals surface area contributed by atoms with E-state index in [1.54, 1.807) is 11.6 Å². The van der Waals surface area contributed by atoms with E-state index in [9.17, 15) is 4.79 Å². The van der Waals surface area contributed by atoms with Gasteiger partial charge in [0.15, 0.2) is 11.5 Å². The van der Waals surface area contributed by atoms with Crippen LogP contribution in [0, 0.1) is 20.8 Å². The summed E-state index contributed by atoms with van der Waals surface area (Å²) in [5.41, 5.74) is 4.06. The number of ether oxygens (including phenoxy) is 1. The number of carbonyl (C=O) groups is 1. The molecule has 0 aliphatic rings. The molecule has 1 amide bonds. The average molecular weight is 574 g/mol. The van der Waals surface area contributed by atoms with Crippen molar-refractivity contribution in [3.8, 4) is 5.75 Å². The minimum Gasteiger partial charge on any atom is -0.489 e. The summed E-state index contributed by atoms with van der Waals surface area (Å²) < 4.78 is 14.6. The van der Waals surface area contributed by atoms with Crippen molar-refractivity contribution >= 4 is 43.6 Å². The van der Waals surface area contributed by atoms with Gasteiger partial charge >= 0.3 is 0 Å². The van der Waals surface area contributed by atoms with Gasteiger partial charge in [-0.25, -0.2) is 0 Å². The molecule has 2 heterocycles. The van der Waals surface area contributed by atoms with Crippen molar-refractivity contribution in [1.29, 1.82) is 0 Å². The molecule has 170 valence electrons. The Labute approximate surface area is 208 Å². The van der Waals surface area contributed by atoms with Crippen molar-refractivity contribution in [1.82, 2.24) is 14.9 Å². The number of nitrogens with zero attached hydrogens (tertiary/aromatic N) is 3. The van der Waals surface area contributed by atoms with Gasteiger partial charge in [-0.1, -0.05) is 39.3 Å². The number of rotatable bonds is 7. The molecule has 2 aromatic heterocycles. The first-order valence-corrected chi connectivity index (χ1v) is 11.8. The summed E-state index contributed by atoms with van der Waals surface area (Å²) in [6.45, 7) is 6.51. The number of aromatic nitrogens is 3. The first kappa shape index (κ1) is 23.3. The molecule has 0 saturated carbocycles. The summed E-state index contributed by atoms with van der Waals surface area (Å²) in [6, 6.07) is 14.0. The molecule has 7 nitrogen and oxygen atoms in total. The summed E-state index contributed by atoms with van der Waals surface area (Å²) in [4.78, 5) is 13.0. The molecule has 2 aromatic carbocycles. The number of aryl methyl sites for hydroxylation is 3. The number of benzene rings is 2. The maximum absolute atomic E-state index is 13.0. The van der Waals surface area contributed by atoms with Crippen molar-refractivity contribution < 1.29 is 14.1 Å². The van der Waals surface area contributed by atoms with E-state index < -0.39 is 5.91 Å². The van der Waals surface area contributed by atoms with Crippen LogP contribution < -0.4 is 10.1 Å². The Balaban J connectivity index is 1.47. The molecular weight excluding hydrogens is 552 g/mol. The third kappa shape index (κ3) is 5.72. The molecule has 1 N–H and O–H groups in total. The molecule has 9 heteroatoms. The fourth-order valence-corrected chi connectivity index (χ4v) is 4.10. The highest BCUT2D eigenvalue weighted by molar-refractivity contribution is 9.10. The fourth-order valence-electron chi connectivity index (χ4n) is 3.42. The standard InChI is InChI=1S/C24H22Br2N4O3/c1-14-8-15(2)10-19(9-14)32-13-20-16(3)33-29-22(20)24(31)27-23-21(26)12-30(28-23)11-17-4-6-18(25)7-5-17/h4-10,12H,11,13H2,1-3H3,(H,27,28,31). The maximum atomic E-state index is 13.0. The van der Waals surface area contributed by atoms with E-state index in [-0.39, 0.29) is 12.3 Å². The highest BCUT2D eigenvalue weighted by Crippen LogP contribution is 2.24. The lowest BCUT2D eigenvalue weighted by atomic mass is 10.1. The number of anilines is 1. The lowest BCUT2D eigenvalue weighted by Gasteiger charge is -2.09. The van der Waals surface area contributed by atoms with Crippen molar-refractivity contribution in [3.63, 3.8) is 0 Å². The van der Waals surface area contributed by atoms with Crippen molar-refractivity contribution in [2.45, 2.75) is 33.9 Å².